The molecule has 0 unspecified atom stereocenters. The summed E-state index contributed by atoms with van der Waals surface area (Å²) in [6.45, 7) is 3.46. The summed E-state index contributed by atoms with van der Waals surface area (Å²) in [5.41, 5.74) is 2.66. The van der Waals surface area contributed by atoms with Gasteiger partial charge in [0.05, 0.1) is 6.61 Å². The molecule has 3 aromatic rings. The van der Waals surface area contributed by atoms with Crippen molar-refractivity contribution < 1.29 is 9.90 Å². The Morgan fingerprint density at radius 2 is 1.93 bits per heavy atom. The first kappa shape index (κ1) is 18.8. The lowest BCUT2D eigenvalue weighted by molar-refractivity contribution is -0.111. The van der Waals surface area contributed by atoms with E-state index in [1.54, 1.807) is 6.20 Å². The van der Waals surface area contributed by atoms with E-state index in [-0.39, 0.29) is 12.5 Å². The van der Waals surface area contributed by atoms with Crippen molar-refractivity contribution in [3.63, 3.8) is 0 Å². The lowest BCUT2D eigenvalue weighted by Crippen LogP contribution is -2.06. The lowest BCUT2D eigenvalue weighted by atomic mass is 10.1. The average Bonchev–Trinajstić information content (AvgIpc) is 2.70. The Kier molecular flexibility index (Phi) is 6.35. The zero-order chi connectivity index (χ0) is 19.1. The third-order valence-electron chi connectivity index (χ3n) is 3.75. The summed E-state index contributed by atoms with van der Waals surface area (Å²) in [5.74, 6) is 0.492. The van der Waals surface area contributed by atoms with Crippen molar-refractivity contribution in [1.82, 2.24) is 9.97 Å². The molecule has 136 valence electrons. The lowest BCUT2D eigenvalue weighted by Gasteiger charge is -2.06. The topological polar surface area (TPSA) is 75.1 Å². The Hall–Kier alpha value is -2.96. The zero-order valence-electron chi connectivity index (χ0n) is 14.6. The highest BCUT2D eigenvalue weighted by Gasteiger charge is 2.05. The van der Waals surface area contributed by atoms with E-state index in [1.807, 2.05) is 54.6 Å². The quantitative estimate of drug-likeness (QED) is 0.483. The van der Waals surface area contributed by atoms with Crippen molar-refractivity contribution in [3.8, 4) is 0 Å². The van der Waals surface area contributed by atoms with Gasteiger partial charge in [0, 0.05) is 23.2 Å². The maximum absolute atomic E-state index is 11.3. The second kappa shape index (κ2) is 9.12. The molecule has 0 spiro atoms. The summed E-state index contributed by atoms with van der Waals surface area (Å²) in [6, 6.07) is 17.2. The van der Waals surface area contributed by atoms with Crippen LogP contribution in [0.4, 0.5) is 5.69 Å². The van der Waals surface area contributed by atoms with Crippen molar-refractivity contribution in [2.75, 3.05) is 5.32 Å². The van der Waals surface area contributed by atoms with Gasteiger partial charge in [-0.15, -0.1) is 0 Å². The van der Waals surface area contributed by atoms with E-state index in [0.29, 0.717) is 6.42 Å². The number of amides is 1. The van der Waals surface area contributed by atoms with Gasteiger partial charge in [0.1, 0.15) is 10.9 Å². The van der Waals surface area contributed by atoms with Gasteiger partial charge in [-0.2, -0.15) is 0 Å². The van der Waals surface area contributed by atoms with Crippen LogP contribution in [0.25, 0.3) is 0 Å². The van der Waals surface area contributed by atoms with E-state index in [0.717, 1.165) is 32.6 Å². The van der Waals surface area contributed by atoms with Crippen LogP contribution in [0.15, 0.2) is 83.4 Å². The normalized spacial score (nSPS) is 10.4. The first-order valence-electron chi connectivity index (χ1n) is 8.38. The van der Waals surface area contributed by atoms with Gasteiger partial charge in [0.15, 0.2) is 0 Å². The molecule has 0 aliphatic carbocycles. The third kappa shape index (κ3) is 5.51. The van der Waals surface area contributed by atoms with Crippen LogP contribution in [0.5, 0.6) is 0 Å². The van der Waals surface area contributed by atoms with E-state index in [1.165, 1.54) is 17.8 Å². The van der Waals surface area contributed by atoms with Gasteiger partial charge in [0.2, 0.25) is 5.91 Å². The van der Waals surface area contributed by atoms with E-state index in [9.17, 15) is 9.90 Å². The fourth-order valence-corrected chi connectivity index (χ4v) is 3.26. The number of hydrogen-bond acceptors (Lipinski definition) is 5. The van der Waals surface area contributed by atoms with E-state index >= 15 is 0 Å². The number of aliphatic hydroxyl groups is 1. The second-order valence-electron chi connectivity index (χ2n) is 5.79. The highest BCUT2D eigenvalue weighted by molar-refractivity contribution is 7.99. The molecule has 1 aromatic heterocycles. The minimum absolute atomic E-state index is 0.0217. The number of nitrogens with zero attached hydrogens (tertiary/aromatic N) is 2. The first-order valence-corrected chi connectivity index (χ1v) is 9.20. The van der Waals surface area contributed by atoms with Crippen LogP contribution in [0.3, 0.4) is 0 Å². The van der Waals surface area contributed by atoms with Crippen molar-refractivity contribution >= 4 is 23.4 Å². The van der Waals surface area contributed by atoms with Crippen LogP contribution in [0, 0.1) is 0 Å². The maximum atomic E-state index is 11.3. The molecule has 0 saturated carbocycles. The summed E-state index contributed by atoms with van der Waals surface area (Å²) in [4.78, 5) is 21.3. The van der Waals surface area contributed by atoms with Crippen LogP contribution < -0.4 is 5.32 Å². The Bertz CT molecular complexity index is 942. The first-order chi connectivity index (χ1) is 13.2. The Labute approximate surface area is 162 Å². The predicted molar refractivity (Wildman–Crippen MR) is 107 cm³/mol. The standard InChI is InChI=1S/C21H19N3O2S/c1-2-20(26)23-17-6-8-18(9-7-17)27-21-10-11-22-19(24-21)13-15-4-3-5-16(12-15)14-25/h2-12,25H,1,13-14H2,(H,23,26). The van der Waals surface area contributed by atoms with Crippen LogP contribution in [-0.2, 0) is 17.8 Å². The molecule has 3 rings (SSSR count). The molecule has 1 amide bonds. The molecule has 5 nitrogen and oxygen atoms in total. The number of aliphatic hydroxyl groups excluding tert-OH is 1. The molecule has 0 atom stereocenters. The van der Waals surface area contributed by atoms with Gasteiger partial charge < -0.3 is 10.4 Å². The fraction of sp³-hybridized carbons (Fsp3) is 0.0952. The van der Waals surface area contributed by atoms with Crippen molar-refractivity contribution in [1.29, 1.82) is 0 Å². The molecule has 0 fully saturated rings. The number of carbonyl (C=O) groups is 1. The molecule has 0 aliphatic heterocycles. The van der Waals surface area contributed by atoms with Gasteiger partial charge >= 0.3 is 0 Å². The SMILES string of the molecule is C=CC(=O)Nc1ccc(Sc2ccnc(Cc3cccc(CO)c3)n2)cc1. The van der Waals surface area contributed by atoms with Gasteiger partial charge in [0.25, 0.3) is 0 Å². The monoisotopic (exact) mass is 377 g/mol. The van der Waals surface area contributed by atoms with Crippen molar-refractivity contribution in [3.05, 3.63) is 90.4 Å². The minimum Gasteiger partial charge on any atom is -0.392 e. The smallest absolute Gasteiger partial charge is 0.247 e. The van der Waals surface area contributed by atoms with Crippen LogP contribution >= 0.6 is 11.8 Å². The summed E-state index contributed by atoms with van der Waals surface area (Å²) in [5, 5.41) is 12.8. The van der Waals surface area contributed by atoms with E-state index < -0.39 is 0 Å². The highest BCUT2D eigenvalue weighted by Crippen LogP contribution is 2.27. The molecule has 0 bridgehead atoms. The van der Waals surface area contributed by atoms with Gasteiger partial charge in [-0.25, -0.2) is 9.97 Å². The predicted octanol–water partition coefficient (Wildman–Crippen LogP) is 3.84. The molecule has 0 saturated heterocycles. The average molecular weight is 377 g/mol. The minimum atomic E-state index is -0.235. The van der Waals surface area contributed by atoms with Gasteiger partial charge in [-0.3, -0.25) is 4.79 Å². The van der Waals surface area contributed by atoms with Gasteiger partial charge in [-0.1, -0.05) is 42.6 Å². The number of rotatable bonds is 7. The number of benzene rings is 2. The Balaban J connectivity index is 1.68. The van der Waals surface area contributed by atoms with Crippen molar-refractivity contribution in [2.24, 2.45) is 0 Å². The fourth-order valence-electron chi connectivity index (χ4n) is 2.46. The number of nitrogens with one attached hydrogen (secondary N) is 1. The van der Waals surface area contributed by atoms with Crippen LogP contribution in [0.1, 0.15) is 17.0 Å². The number of hydrogen-bond donors (Lipinski definition) is 2. The largest absolute Gasteiger partial charge is 0.392 e. The Morgan fingerprint density at radius 1 is 1.15 bits per heavy atom. The molecule has 2 N–H and O–H groups in total. The molecule has 1 heterocycles. The second-order valence-corrected chi connectivity index (χ2v) is 6.88. The summed E-state index contributed by atoms with van der Waals surface area (Å²) in [6.07, 6.45) is 3.59. The van der Waals surface area contributed by atoms with E-state index in [4.69, 9.17) is 0 Å². The highest BCUT2D eigenvalue weighted by atomic mass is 32.2. The van der Waals surface area contributed by atoms with Crippen molar-refractivity contribution in [2.45, 2.75) is 22.9 Å². The van der Waals surface area contributed by atoms with Crippen LogP contribution in [0.2, 0.25) is 0 Å². The summed E-state index contributed by atoms with van der Waals surface area (Å²) in [7, 11) is 0. The molecular formula is C21H19N3O2S. The maximum Gasteiger partial charge on any atom is 0.247 e. The summed E-state index contributed by atoms with van der Waals surface area (Å²) < 4.78 is 0. The van der Waals surface area contributed by atoms with E-state index in [2.05, 4.69) is 21.9 Å². The molecule has 0 radical (unpaired) electrons. The molecule has 2 aromatic carbocycles. The summed E-state index contributed by atoms with van der Waals surface area (Å²) >= 11 is 1.53. The molecule has 6 heteroatoms. The zero-order valence-corrected chi connectivity index (χ0v) is 15.4. The number of anilines is 1. The molecular weight excluding hydrogens is 358 g/mol. The third-order valence-corrected chi connectivity index (χ3v) is 4.69. The Morgan fingerprint density at radius 3 is 2.67 bits per heavy atom. The van der Waals surface area contributed by atoms with Crippen LogP contribution in [-0.4, -0.2) is 21.0 Å². The number of aromatic nitrogens is 2. The molecule has 0 aliphatic rings. The van der Waals surface area contributed by atoms with Gasteiger partial charge in [-0.05, 0) is 47.5 Å². The number of carbonyl (C=O) groups excluding carboxylic acids is 1. The molecule has 27 heavy (non-hydrogen) atoms.